The molecule has 0 unspecified atom stereocenters. The van der Waals surface area contributed by atoms with Crippen molar-refractivity contribution in [2.45, 2.75) is 26.0 Å². The molecule has 1 aliphatic heterocycles. The van der Waals surface area contributed by atoms with E-state index in [0.29, 0.717) is 5.92 Å². The van der Waals surface area contributed by atoms with Crippen molar-refractivity contribution in [1.82, 2.24) is 4.98 Å². The van der Waals surface area contributed by atoms with E-state index in [9.17, 15) is 0 Å². The molecule has 0 spiro atoms. The molecular formula is C10H14N2O2. The topological polar surface area (TPSA) is 54.4 Å². The van der Waals surface area contributed by atoms with Crippen LogP contribution < -0.4 is 10.1 Å². The number of rotatable bonds is 2. The lowest BCUT2D eigenvalue weighted by Crippen LogP contribution is -2.24. The van der Waals surface area contributed by atoms with Gasteiger partial charge in [-0.3, -0.25) is 4.98 Å². The van der Waals surface area contributed by atoms with Crippen LogP contribution in [0.25, 0.3) is 0 Å². The van der Waals surface area contributed by atoms with E-state index in [4.69, 9.17) is 9.84 Å². The number of pyridine rings is 1. The van der Waals surface area contributed by atoms with Crippen LogP contribution in [0.1, 0.15) is 25.5 Å². The maximum absolute atomic E-state index is 8.96. The minimum atomic E-state index is -0.327. The fourth-order valence-electron chi connectivity index (χ4n) is 1.57. The van der Waals surface area contributed by atoms with Crippen LogP contribution in [0.15, 0.2) is 12.3 Å². The second kappa shape index (κ2) is 3.46. The molecule has 2 heterocycles. The molecule has 1 aromatic heterocycles. The van der Waals surface area contributed by atoms with Gasteiger partial charge in [-0.1, -0.05) is 13.8 Å². The molecule has 0 fully saturated rings. The number of ether oxygens (including phenoxy) is 1. The molecule has 0 aromatic carbocycles. The van der Waals surface area contributed by atoms with Gasteiger partial charge in [-0.15, -0.1) is 0 Å². The Balaban J connectivity index is 2.36. The second-order valence-corrected chi connectivity index (χ2v) is 3.66. The first-order chi connectivity index (χ1) is 6.72. The van der Waals surface area contributed by atoms with Gasteiger partial charge in [0.15, 0.2) is 6.23 Å². The van der Waals surface area contributed by atoms with Gasteiger partial charge >= 0.3 is 0 Å². The number of aliphatic hydroxyl groups is 1. The number of aliphatic hydroxyl groups excluding tert-OH is 1. The van der Waals surface area contributed by atoms with Crippen molar-refractivity contribution >= 4 is 5.69 Å². The average molecular weight is 194 g/mol. The molecule has 1 aliphatic rings. The van der Waals surface area contributed by atoms with Crippen LogP contribution in [0.3, 0.4) is 0 Å². The minimum Gasteiger partial charge on any atom is -0.466 e. The normalized spacial score (nSPS) is 19.0. The molecule has 14 heavy (non-hydrogen) atoms. The van der Waals surface area contributed by atoms with E-state index in [2.05, 4.69) is 24.1 Å². The van der Waals surface area contributed by atoms with Gasteiger partial charge < -0.3 is 15.2 Å². The molecule has 1 atom stereocenters. The average Bonchev–Trinajstić information content (AvgIpc) is 2.59. The monoisotopic (exact) mass is 194 g/mol. The van der Waals surface area contributed by atoms with E-state index in [1.54, 1.807) is 6.20 Å². The Bertz CT molecular complexity index is 339. The first kappa shape index (κ1) is 9.27. The number of nitrogens with one attached hydrogen (secondary N) is 1. The van der Waals surface area contributed by atoms with E-state index in [1.807, 2.05) is 6.07 Å². The Labute approximate surface area is 82.9 Å². The van der Waals surface area contributed by atoms with E-state index < -0.39 is 0 Å². The molecule has 0 aliphatic carbocycles. The van der Waals surface area contributed by atoms with Gasteiger partial charge in [0.2, 0.25) is 0 Å². The molecule has 0 bridgehead atoms. The zero-order chi connectivity index (χ0) is 10.1. The van der Waals surface area contributed by atoms with Gasteiger partial charge in [0, 0.05) is 12.3 Å². The van der Waals surface area contributed by atoms with Crippen LogP contribution in [0.4, 0.5) is 5.69 Å². The van der Waals surface area contributed by atoms with Crippen molar-refractivity contribution in [3.05, 3.63) is 18.0 Å². The fraction of sp³-hybridized carbons (Fsp3) is 0.500. The Hall–Kier alpha value is -1.29. The zero-order valence-electron chi connectivity index (χ0n) is 8.32. The minimum absolute atomic E-state index is 0.0355. The predicted octanol–water partition coefficient (Wildman–Crippen LogP) is 1.33. The molecule has 4 nitrogen and oxygen atoms in total. The van der Waals surface area contributed by atoms with Crippen molar-refractivity contribution in [3.63, 3.8) is 0 Å². The quantitative estimate of drug-likeness (QED) is 0.745. The van der Waals surface area contributed by atoms with Crippen LogP contribution in [-0.2, 0) is 0 Å². The first-order valence-corrected chi connectivity index (χ1v) is 4.75. The van der Waals surface area contributed by atoms with Crippen LogP contribution in [0.2, 0.25) is 0 Å². The number of nitrogens with zero attached hydrogens (tertiary/aromatic N) is 1. The maximum Gasteiger partial charge on any atom is 0.193 e. The van der Waals surface area contributed by atoms with Crippen molar-refractivity contribution in [2.24, 2.45) is 0 Å². The largest absolute Gasteiger partial charge is 0.466 e. The maximum atomic E-state index is 8.96. The summed E-state index contributed by atoms with van der Waals surface area (Å²) < 4.78 is 5.45. The molecular weight excluding hydrogens is 180 g/mol. The van der Waals surface area contributed by atoms with Gasteiger partial charge in [0.05, 0.1) is 12.3 Å². The highest BCUT2D eigenvalue weighted by Crippen LogP contribution is 2.36. The zero-order valence-corrected chi connectivity index (χ0v) is 8.32. The summed E-state index contributed by atoms with van der Waals surface area (Å²) in [6.07, 6.45) is 1.40. The van der Waals surface area contributed by atoms with Crippen molar-refractivity contribution in [3.8, 4) is 5.75 Å². The Morgan fingerprint density at radius 1 is 1.64 bits per heavy atom. The van der Waals surface area contributed by atoms with Crippen molar-refractivity contribution < 1.29 is 9.84 Å². The number of anilines is 1. The summed E-state index contributed by atoms with van der Waals surface area (Å²) in [5.41, 5.74) is 1.90. The molecule has 0 saturated heterocycles. The molecule has 0 radical (unpaired) electrons. The van der Waals surface area contributed by atoms with Gasteiger partial charge in [-0.2, -0.15) is 0 Å². The molecule has 2 rings (SSSR count). The third kappa shape index (κ3) is 1.42. The Morgan fingerprint density at radius 2 is 2.43 bits per heavy atom. The molecule has 0 saturated carbocycles. The summed E-state index contributed by atoms with van der Waals surface area (Å²) in [5.74, 6) is 1.13. The van der Waals surface area contributed by atoms with Crippen LogP contribution in [0.5, 0.6) is 5.75 Å². The van der Waals surface area contributed by atoms with E-state index in [1.165, 1.54) is 0 Å². The Kier molecular flexibility index (Phi) is 2.29. The third-order valence-corrected chi connectivity index (χ3v) is 2.23. The standard InChI is InChI=1S/C10H14N2O2/c1-6(2)9-10-7(3-4-11-9)14-8(5-13)12-10/h3-4,6,8,12-13H,5H2,1-2H3/t8-/m0/s1. The smallest absolute Gasteiger partial charge is 0.193 e. The lowest BCUT2D eigenvalue weighted by molar-refractivity contribution is 0.149. The summed E-state index contributed by atoms with van der Waals surface area (Å²) in [6.45, 7) is 4.12. The molecule has 1 aromatic rings. The fourth-order valence-corrected chi connectivity index (χ4v) is 1.57. The van der Waals surface area contributed by atoms with Crippen LogP contribution in [-0.4, -0.2) is 22.9 Å². The molecule has 76 valence electrons. The number of hydrogen-bond donors (Lipinski definition) is 2. The second-order valence-electron chi connectivity index (χ2n) is 3.66. The molecule has 0 amide bonds. The lowest BCUT2D eigenvalue weighted by atomic mass is 10.1. The third-order valence-electron chi connectivity index (χ3n) is 2.23. The van der Waals surface area contributed by atoms with Gasteiger partial charge in [0.1, 0.15) is 11.4 Å². The molecule has 2 N–H and O–H groups in total. The van der Waals surface area contributed by atoms with Crippen molar-refractivity contribution in [1.29, 1.82) is 0 Å². The van der Waals surface area contributed by atoms with E-state index in [-0.39, 0.29) is 12.8 Å². The van der Waals surface area contributed by atoms with Gasteiger partial charge in [0.25, 0.3) is 0 Å². The summed E-state index contributed by atoms with van der Waals surface area (Å²) in [6, 6.07) is 1.81. The number of aromatic nitrogens is 1. The first-order valence-electron chi connectivity index (χ1n) is 4.75. The van der Waals surface area contributed by atoms with Gasteiger partial charge in [-0.05, 0) is 5.92 Å². The van der Waals surface area contributed by atoms with Crippen LogP contribution in [0, 0.1) is 0 Å². The molecule has 4 heteroatoms. The highest BCUT2D eigenvalue weighted by molar-refractivity contribution is 5.63. The van der Waals surface area contributed by atoms with Gasteiger partial charge in [-0.25, -0.2) is 0 Å². The Morgan fingerprint density at radius 3 is 3.07 bits per heavy atom. The summed E-state index contributed by atoms with van der Waals surface area (Å²) in [7, 11) is 0. The lowest BCUT2D eigenvalue weighted by Gasteiger charge is -2.08. The predicted molar refractivity (Wildman–Crippen MR) is 53.5 cm³/mol. The van der Waals surface area contributed by atoms with Crippen molar-refractivity contribution in [2.75, 3.05) is 11.9 Å². The highest BCUT2D eigenvalue weighted by Gasteiger charge is 2.24. The summed E-state index contributed by atoms with van der Waals surface area (Å²) in [4.78, 5) is 4.29. The number of hydrogen-bond acceptors (Lipinski definition) is 4. The van der Waals surface area contributed by atoms with Crippen LogP contribution >= 0.6 is 0 Å². The summed E-state index contributed by atoms with van der Waals surface area (Å²) >= 11 is 0. The number of fused-ring (bicyclic) bond motifs is 1. The summed E-state index contributed by atoms with van der Waals surface area (Å²) in [5, 5.41) is 12.1. The van der Waals surface area contributed by atoms with E-state index in [0.717, 1.165) is 17.1 Å². The highest BCUT2D eigenvalue weighted by atomic mass is 16.5. The SMILES string of the molecule is CC(C)c1nccc2c1N[C@H](CO)O2. The van der Waals surface area contributed by atoms with E-state index >= 15 is 0 Å².